The van der Waals surface area contributed by atoms with Crippen LogP contribution in [0.5, 0.6) is 5.75 Å². The Balaban J connectivity index is 1.73. The molecule has 3 aromatic rings. The number of furan rings is 1. The minimum Gasteiger partial charge on any atom is -0.497 e. The molecule has 1 aliphatic rings. The molecule has 0 saturated carbocycles. The van der Waals surface area contributed by atoms with Crippen LogP contribution < -0.4 is 15.0 Å². The van der Waals surface area contributed by atoms with Crippen molar-refractivity contribution >= 4 is 29.9 Å². The van der Waals surface area contributed by atoms with Gasteiger partial charge in [-0.05, 0) is 48.5 Å². The van der Waals surface area contributed by atoms with Crippen LogP contribution in [0.3, 0.4) is 0 Å². The number of nitrogens with zero attached hydrogens (tertiary/aromatic N) is 3. The average molecular weight is 448 g/mol. The molecule has 0 radical (unpaired) electrons. The lowest BCUT2D eigenvalue weighted by Gasteiger charge is -2.36. The van der Waals surface area contributed by atoms with Gasteiger partial charge in [-0.15, -0.1) is 12.6 Å². The molecule has 0 bridgehead atoms. The normalized spacial score (nSPS) is 15.8. The van der Waals surface area contributed by atoms with Crippen LogP contribution in [0.1, 0.15) is 11.9 Å². The zero-order valence-corrected chi connectivity index (χ0v) is 17.6. The van der Waals surface area contributed by atoms with Gasteiger partial charge in [0.05, 0.1) is 17.1 Å². The van der Waals surface area contributed by atoms with Gasteiger partial charge in [0.15, 0.2) is 6.17 Å². The van der Waals surface area contributed by atoms with Gasteiger partial charge < -0.3 is 19.4 Å². The first-order valence-corrected chi connectivity index (χ1v) is 9.79. The fourth-order valence-corrected chi connectivity index (χ4v) is 3.70. The van der Waals surface area contributed by atoms with Gasteiger partial charge in [0.2, 0.25) is 0 Å². The van der Waals surface area contributed by atoms with Gasteiger partial charge in [-0.25, -0.2) is 0 Å². The third-order valence-corrected chi connectivity index (χ3v) is 5.37. The summed E-state index contributed by atoms with van der Waals surface area (Å²) in [6, 6.07) is 18.3. The number of nitro benzene ring substituents is 1. The van der Waals surface area contributed by atoms with Crippen molar-refractivity contribution in [3.63, 3.8) is 0 Å². The maximum atomic E-state index is 12.5. The zero-order chi connectivity index (χ0) is 22.8. The van der Waals surface area contributed by atoms with Crippen molar-refractivity contribution in [2.24, 2.45) is 0 Å². The molecule has 32 heavy (non-hydrogen) atoms. The Morgan fingerprint density at radius 3 is 2.44 bits per heavy atom. The van der Waals surface area contributed by atoms with Crippen LogP contribution in [-0.4, -0.2) is 17.9 Å². The van der Waals surface area contributed by atoms with Crippen LogP contribution in [0.2, 0.25) is 0 Å². The largest absolute Gasteiger partial charge is 0.497 e. The number of carbonyl (C=O) groups is 1. The van der Waals surface area contributed by atoms with Gasteiger partial charge in [0, 0.05) is 23.4 Å². The van der Waals surface area contributed by atoms with Crippen LogP contribution >= 0.6 is 12.6 Å². The van der Waals surface area contributed by atoms with Crippen LogP contribution in [0.4, 0.5) is 11.4 Å². The highest BCUT2D eigenvalue weighted by molar-refractivity contribution is 7.84. The monoisotopic (exact) mass is 448 g/mol. The fourth-order valence-electron chi connectivity index (χ4n) is 3.32. The summed E-state index contributed by atoms with van der Waals surface area (Å²) in [6.45, 7) is 0. The third kappa shape index (κ3) is 3.77. The summed E-state index contributed by atoms with van der Waals surface area (Å²) in [6.07, 6.45) is -0.771. The summed E-state index contributed by atoms with van der Waals surface area (Å²) >= 11 is 4.45. The number of hydrogen-bond acceptors (Lipinski definition) is 8. The quantitative estimate of drug-likeness (QED) is 0.341. The maximum Gasteiger partial charge on any atom is 0.269 e. The molecule has 1 aromatic heterocycles. The molecule has 0 fully saturated rings. The number of nitro groups is 1. The molecular weight excluding hydrogens is 432 g/mol. The molecule has 1 atom stereocenters. The summed E-state index contributed by atoms with van der Waals surface area (Å²) in [5.41, 5.74) is 1.14. The number of amides is 1. The van der Waals surface area contributed by atoms with E-state index >= 15 is 0 Å². The highest BCUT2D eigenvalue weighted by atomic mass is 32.1. The third-order valence-electron chi connectivity index (χ3n) is 4.93. The van der Waals surface area contributed by atoms with E-state index in [1.54, 1.807) is 60.5 Å². The lowest BCUT2D eigenvalue weighted by molar-refractivity contribution is -0.384. The second-order valence-corrected chi connectivity index (χ2v) is 7.18. The number of nitriles is 1. The molecule has 1 unspecified atom stereocenters. The van der Waals surface area contributed by atoms with E-state index in [9.17, 15) is 20.2 Å². The van der Waals surface area contributed by atoms with E-state index in [-0.39, 0.29) is 16.3 Å². The summed E-state index contributed by atoms with van der Waals surface area (Å²) in [7, 11) is 1.55. The van der Waals surface area contributed by atoms with Crippen LogP contribution in [0.15, 0.2) is 75.7 Å². The number of carbonyl (C=O) groups excluding carboxylic acids is 1. The summed E-state index contributed by atoms with van der Waals surface area (Å²) in [4.78, 5) is 24.6. The maximum absolute atomic E-state index is 12.5. The molecular formula is C22H16N4O5S. The molecule has 1 aliphatic heterocycles. The average Bonchev–Trinajstić information content (AvgIpc) is 3.29. The Hall–Kier alpha value is -4.23. The summed E-state index contributed by atoms with van der Waals surface area (Å²) < 4.78 is 11.2. The minimum atomic E-state index is -0.771. The SMILES string of the molecule is COc1ccc(N2C(S)=C(C#N)C(=O)NC2c2ccc(-c3ccc([N+](=O)[O-])cc3)o2)cc1. The highest BCUT2D eigenvalue weighted by Crippen LogP contribution is 2.38. The number of ether oxygens (including phenoxy) is 1. The van der Waals surface area contributed by atoms with Crippen LogP contribution in [0.25, 0.3) is 11.3 Å². The van der Waals surface area contributed by atoms with Crippen LogP contribution in [-0.2, 0) is 4.79 Å². The first kappa shape index (κ1) is 21.0. The molecule has 0 aliphatic carbocycles. The predicted molar refractivity (Wildman–Crippen MR) is 119 cm³/mol. The highest BCUT2D eigenvalue weighted by Gasteiger charge is 2.35. The van der Waals surface area contributed by atoms with E-state index in [1.807, 2.05) is 6.07 Å². The lowest BCUT2D eigenvalue weighted by atomic mass is 10.1. The molecule has 2 heterocycles. The molecule has 9 nitrogen and oxygen atoms in total. The van der Waals surface area contributed by atoms with Gasteiger partial charge in [-0.2, -0.15) is 5.26 Å². The van der Waals surface area contributed by atoms with Gasteiger partial charge >= 0.3 is 0 Å². The minimum absolute atomic E-state index is 0.0281. The number of non-ortho nitro benzene ring substituents is 1. The number of benzene rings is 2. The Kier molecular flexibility index (Phi) is 5.57. The molecule has 160 valence electrons. The Morgan fingerprint density at radius 2 is 1.84 bits per heavy atom. The number of anilines is 1. The van der Waals surface area contributed by atoms with Gasteiger partial charge in [0.25, 0.3) is 11.6 Å². The van der Waals surface area contributed by atoms with E-state index in [0.29, 0.717) is 28.5 Å². The summed E-state index contributed by atoms with van der Waals surface area (Å²) in [5, 5.41) is 23.2. The Labute approximate surface area is 188 Å². The lowest BCUT2D eigenvalue weighted by Crippen LogP contribution is -2.45. The molecule has 10 heteroatoms. The molecule has 4 rings (SSSR count). The topological polar surface area (TPSA) is 122 Å². The van der Waals surface area contributed by atoms with E-state index in [2.05, 4.69) is 17.9 Å². The Bertz CT molecular complexity index is 1260. The van der Waals surface area contributed by atoms with Crippen molar-refractivity contribution in [2.75, 3.05) is 12.0 Å². The zero-order valence-electron chi connectivity index (χ0n) is 16.7. The molecule has 1 amide bonds. The first-order chi connectivity index (χ1) is 15.4. The fraction of sp³-hybridized carbons (Fsp3) is 0.0909. The van der Waals surface area contributed by atoms with E-state index in [0.717, 1.165) is 0 Å². The Morgan fingerprint density at radius 1 is 1.16 bits per heavy atom. The molecule has 2 aromatic carbocycles. The van der Waals surface area contributed by atoms with Gasteiger partial charge in [-0.1, -0.05) is 0 Å². The second-order valence-electron chi connectivity index (χ2n) is 6.76. The number of methoxy groups -OCH3 is 1. The predicted octanol–water partition coefficient (Wildman–Crippen LogP) is 4.16. The van der Waals surface area contributed by atoms with E-state index < -0.39 is 17.0 Å². The van der Waals surface area contributed by atoms with Crippen LogP contribution in [0, 0.1) is 21.4 Å². The smallest absolute Gasteiger partial charge is 0.269 e. The van der Waals surface area contributed by atoms with Crippen molar-refractivity contribution in [3.8, 4) is 23.1 Å². The van der Waals surface area contributed by atoms with Crippen molar-refractivity contribution in [1.29, 1.82) is 5.26 Å². The molecule has 0 saturated heterocycles. The number of rotatable bonds is 5. The standard InChI is InChI=1S/C22H16N4O5S/c1-30-16-8-6-14(7-9-16)25-20(24-21(27)17(12-23)22(25)32)19-11-10-18(31-19)13-2-4-15(5-3-13)26(28)29/h2-11,20,32H,1H3,(H,24,27). The number of nitrogens with one attached hydrogen (secondary N) is 1. The van der Waals surface area contributed by atoms with E-state index in [1.165, 1.54) is 12.1 Å². The number of thiol groups is 1. The summed E-state index contributed by atoms with van der Waals surface area (Å²) in [5.74, 6) is 0.941. The first-order valence-electron chi connectivity index (χ1n) is 9.35. The second kappa shape index (κ2) is 8.49. The number of hydrogen-bond donors (Lipinski definition) is 2. The van der Waals surface area contributed by atoms with Crippen molar-refractivity contribution in [2.45, 2.75) is 6.17 Å². The van der Waals surface area contributed by atoms with Crippen molar-refractivity contribution in [3.05, 3.63) is 87.1 Å². The van der Waals surface area contributed by atoms with Gasteiger partial charge in [-0.3, -0.25) is 14.9 Å². The van der Waals surface area contributed by atoms with Crippen molar-refractivity contribution in [1.82, 2.24) is 5.32 Å². The van der Waals surface area contributed by atoms with Crippen molar-refractivity contribution < 1.29 is 18.9 Å². The molecule has 0 spiro atoms. The molecule has 1 N–H and O–H groups in total. The van der Waals surface area contributed by atoms with E-state index in [4.69, 9.17) is 9.15 Å². The van der Waals surface area contributed by atoms with Gasteiger partial charge in [0.1, 0.15) is 28.9 Å².